The van der Waals surface area contributed by atoms with Gasteiger partial charge in [-0.25, -0.2) is 8.42 Å². The van der Waals surface area contributed by atoms with Gasteiger partial charge in [-0.15, -0.1) is 0 Å². The standard InChI is InChI=1S/C19H21N3O4S/c1-12-5-10-19(14(3)20-12)22-27(23,24)17-8-6-16(7-9-17)25-11-18-13(2)21-26-15(18)4/h5-10,22H,11H2,1-4H3. The van der Waals surface area contributed by atoms with Crippen molar-refractivity contribution in [3.05, 3.63) is 64.8 Å². The highest BCUT2D eigenvalue weighted by atomic mass is 32.2. The lowest BCUT2D eigenvalue weighted by molar-refractivity contribution is 0.301. The molecule has 0 aliphatic heterocycles. The van der Waals surface area contributed by atoms with Gasteiger partial charge in [-0.3, -0.25) is 9.71 Å². The molecular formula is C19H21N3O4S. The molecule has 3 aromatic rings. The number of rotatable bonds is 6. The van der Waals surface area contributed by atoms with Crippen LogP contribution < -0.4 is 9.46 Å². The molecule has 0 unspecified atom stereocenters. The van der Waals surface area contributed by atoms with E-state index in [9.17, 15) is 8.42 Å². The molecule has 0 bridgehead atoms. The number of aryl methyl sites for hydroxylation is 4. The van der Waals surface area contributed by atoms with Crippen LogP contribution in [0.3, 0.4) is 0 Å². The van der Waals surface area contributed by atoms with E-state index in [-0.39, 0.29) is 4.90 Å². The predicted molar refractivity (Wildman–Crippen MR) is 101 cm³/mol. The molecule has 0 aliphatic carbocycles. The van der Waals surface area contributed by atoms with Crippen molar-refractivity contribution in [1.82, 2.24) is 10.1 Å². The first-order valence-electron chi connectivity index (χ1n) is 8.38. The van der Waals surface area contributed by atoms with Crippen molar-refractivity contribution in [3.63, 3.8) is 0 Å². The molecule has 7 nitrogen and oxygen atoms in total. The van der Waals surface area contributed by atoms with Crippen LogP contribution >= 0.6 is 0 Å². The van der Waals surface area contributed by atoms with Crippen LogP contribution in [0.2, 0.25) is 0 Å². The van der Waals surface area contributed by atoms with Crippen molar-refractivity contribution >= 4 is 15.7 Å². The van der Waals surface area contributed by atoms with Gasteiger partial charge >= 0.3 is 0 Å². The van der Waals surface area contributed by atoms with Gasteiger partial charge in [0.25, 0.3) is 10.0 Å². The van der Waals surface area contributed by atoms with Crippen LogP contribution in [0, 0.1) is 27.7 Å². The summed E-state index contributed by atoms with van der Waals surface area (Å²) < 4.78 is 38.5. The lowest BCUT2D eigenvalue weighted by Crippen LogP contribution is -2.14. The van der Waals surface area contributed by atoms with Crippen LogP contribution in [0.15, 0.2) is 45.8 Å². The zero-order valence-electron chi connectivity index (χ0n) is 15.6. The van der Waals surface area contributed by atoms with Gasteiger partial charge in [0, 0.05) is 5.69 Å². The van der Waals surface area contributed by atoms with Gasteiger partial charge in [0.1, 0.15) is 18.1 Å². The van der Waals surface area contributed by atoms with Crippen LogP contribution in [-0.2, 0) is 16.6 Å². The molecule has 2 aromatic heterocycles. The minimum Gasteiger partial charge on any atom is -0.489 e. The molecule has 0 aliphatic rings. The Morgan fingerprint density at radius 1 is 1.00 bits per heavy atom. The fraction of sp³-hybridized carbons (Fsp3) is 0.263. The van der Waals surface area contributed by atoms with E-state index in [0.717, 1.165) is 17.0 Å². The molecule has 27 heavy (non-hydrogen) atoms. The Morgan fingerprint density at radius 3 is 2.30 bits per heavy atom. The normalized spacial score (nSPS) is 11.4. The quantitative estimate of drug-likeness (QED) is 0.693. The summed E-state index contributed by atoms with van der Waals surface area (Å²) in [6, 6.07) is 9.71. The Balaban J connectivity index is 1.72. The van der Waals surface area contributed by atoms with Crippen molar-refractivity contribution in [3.8, 4) is 5.75 Å². The lowest BCUT2D eigenvalue weighted by Gasteiger charge is -2.11. The number of hydrogen-bond donors (Lipinski definition) is 1. The smallest absolute Gasteiger partial charge is 0.261 e. The second kappa shape index (κ2) is 7.40. The monoisotopic (exact) mass is 387 g/mol. The molecular weight excluding hydrogens is 366 g/mol. The Hall–Kier alpha value is -2.87. The van der Waals surface area contributed by atoms with Crippen LogP contribution in [-0.4, -0.2) is 18.6 Å². The molecule has 0 radical (unpaired) electrons. The maximum atomic E-state index is 12.6. The van der Waals surface area contributed by atoms with Gasteiger partial charge in [0.05, 0.1) is 27.5 Å². The van der Waals surface area contributed by atoms with E-state index >= 15 is 0 Å². The van der Waals surface area contributed by atoms with Crippen LogP contribution in [0.4, 0.5) is 5.69 Å². The SMILES string of the molecule is Cc1ccc(NS(=O)(=O)c2ccc(OCc3c(C)noc3C)cc2)c(C)n1. The van der Waals surface area contributed by atoms with Crippen LogP contribution in [0.5, 0.6) is 5.75 Å². The summed E-state index contributed by atoms with van der Waals surface area (Å²) in [5.41, 5.74) is 3.57. The third-order valence-corrected chi connectivity index (χ3v) is 5.55. The summed E-state index contributed by atoms with van der Waals surface area (Å²) in [7, 11) is -3.71. The van der Waals surface area contributed by atoms with Gasteiger partial charge in [-0.1, -0.05) is 5.16 Å². The first kappa shape index (κ1) is 18.9. The number of nitrogens with zero attached hydrogens (tertiary/aromatic N) is 2. The second-order valence-corrected chi connectivity index (χ2v) is 7.94. The number of anilines is 1. The van der Waals surface area contributed by atoms with Crippen molar-refractivity contribution in [2.75, 3.05) is 4.72 Å². The minimum absolute atomic E-state index is 0.146. The molecule has 1 N–H and O–H groups in total. The molecule has 0 spiro atoms. The van der Waals surface area contributed by atoms with E-state index in [1.165, 1.54) is 12.1 Å². The number of pyridine rings is 1. The van der Waals surface area contributed by atoms with Crippen molar-refractivity contribution < 1.29 is 17.7 Å². The lowest BCUT2D eigenvalue weighted by atomic mass is 10.2. The van der Waals surface area contributed by atoms with E-state index in [1.54, 1.807) is 31.2 Å². The highest BCUT2D eigenvalue weighted by molar-refractivity contribution is 7.92. The summed E-state index contributed by atoms with van der Waals surface area (Å²) in [5, 5.41) is 3.88. The van der Waals surface area contributed by atoms with Gasteiger partial charge in [0.15, 0.2) is 0 Å². The summed E-state index contributed by atoms with van der Waals surface area (Å²) in [6.07, 6.45) is 0. The Morgan fingerprint density at radius 2 is 1.70 bits per heavy atom. The average molecular weight is 387 g/mol. The fourth-order valence-electron chi connectivity index (χ4n) is 2.58. The van der Waals surface area contributed by atoms with E-state index in [2.05, 4.69) is 14.9 Å². The molecule has 8 heteroatoms. The van der Waals surface area contributed by atoms with Gasteiger partial charge in [0.2, 0.25) is 0 Å². The fourth-order valence-corrected chi connectivity index (χ4v) is 3.69. The zero-order valence-corrected chi connectivity index (χ0v) is 16.4. The van der Waals surface area contributed by atoms with Crippen molar-refractivity contribution in [2.24, 2.45) is 0 Å². The molecule has 3 rings (SSSR count). The van der Waals surface area contributed by atoms with E-state index in [1.807, 2.05) is 20.8 Å². The number of hydrogen-bond acceptors (Lipinski definition) is 6. The Labute approximate surface area is 158 Å². The summed E-state index contributed by atoms with van der Waals surface area (Å²) >= 11 is 0. The molecule has 2 heterocycles. The first-order chi connectivity index (χ1) is 12.8. The summed E-state index contributed by atoms with van der Waals surface area (Å²) in [6.45, 7) is 7.59. The van der Waals surface area contributed by atoms with Gasteiger partial charge < -0.3 is 9.26 Å². The summed E-state index contributed by atoms with van der Waals surface area (Å²) in [5.74, 6) is 1.26. The number of benzene rings is 1. The van der Waals surface area contributed by atoms with Crippen molar-refractivity contribution in [1.29, 1.82) is 0 Å². The predicted octanol–water partition coefficient (Wildman–Crippen LogP) is 3.68. The maximum Gasteiger partial charge on any atom is 0.261 e. The second-order valence-electron chi connectivity index (χ2n) is 6.25. The number of ether oxygens (including phenoxy) is 1. The maximum absolute atomic E-state index is 12.6. The van der Waals surface area contributed by atoms with E-state index < -0.39 is 10.0 Å². The Kier molecular flexibility index (Phi) is 5.18. The highest BCUT2D eigenvalue weighted by Gasteiger charge is 2.16. The van der Waals surface area contributed by atoms with Gasteiger partial charge in [-0.05, 0) is 64.1 Å². The average Bonchev–Trinajstić information content (AvgIpc) is 2.94. The highest BCUT2D eigenvalue weighted by Crippen LogP contribution is 2.22. The van der Waals surface area contributed by atoms with Crippen LogP contribution in [0.1, 0.15) is 28.4 Å². The molecule has 0 saturated heterocycles. The summed E-state index contributed by atoms with van der Waals surface area (Å²) in [4.78, 5) is 4.41. The molecule has 142 valence electrons. The zero-order chi connectivity index (χ0) is 19.6. The topological polar surface area (TPSA) is 94.3 Å². The van der Waals surface area contributed by atoms with E-state index in [4.69, 9.17) is 9.26 Å². The van der Waals surface area contributed by atoms with Gasteiger partial charge in [-0.2, -0.15) is 0 Å². The molecule has 0 amide bonds. The number of nitrogens with one attached hydrogen (secondary N) is 1. The number of aromatic nitrogens is 2. The minimum atomic E-state index is -3.71. The third kappa shape index (κ3) is 4.28. The molecule has 0 atom stereocenters. The van der Waals surface area contributed by atoms with E-state index in [0.29, 0.717) is 29.5 Å². The largest absolute Gasteiger partial charge is 0.489 e. The van der Waals surface area contributed by atoms with Crippen molar-refractivity contribution in [2.45, 2.75) is 39.2 Å². The third-order valence-electron chi connectivity index (χ3n) is 4.17. The Bertz CT molecular complexity index is 1040. The number of sulfonamides is 1. The molecule has 1 aromatic carbocycles. The molecule has 0 saturated carbocycles. The van der Waals surface area contributed by atoms with Crippen LogP contribution in [0.25, 0.3) is 0 Å². The molecule has 0 fully saturated rings. The first-order valence-corrected chi connectivity index (χ1v) is 9.86.